The Kier molecular flexibility index (Phi) is 2.08. The van der Waals surface area contributed by atoms with Crippen LogP contribution in [0.25, 0.3) is 0 Å². The first kappa shape index (κ1) is 10.5. The van der Waals surface area contributed by atoms with E-state index < -0.39 is 22.6 Å². The molecular weight excluding hydrogens is 198 g/mol. The van der Waals surface area contributed by atoms with Crippen molar-refractivity contribution < 1.29 is 8.78 Å². The second-order valence-electron chi connectivity index (χ2n) is 4.78. The summed E-state index contributed by atoms with van der Waals surface area (Å²) >= 11 is 0. The standard InChI is InChI=1S/C11H14F2N2/c1-10(2,14)11(3-4-11)9-7(12)5-15-6-8(9)13/h5-6H,3-4,14H2,1-2H3. The van der Waals surface area contributed by atoms with E-state index >= 15 is 0 Å². The van der Waals surface area contributed by atoms with Crippen LogP contribution >= 0.6 is 0 Å². The molecule has 0 spiro atoms. The van der Waals surface area contributed by atoms with Gasteiger partial charge in [0.15, 0.2) is 0 Å². The van der Waals surface area contributed by atoms with Crippen molar-refractivity contribution in [3.63, 3.8) is 0 Å². The van der Waals surface area contributed by atoms with E-state index in [-0.39, 0.29) is 5.56 Å². The van der Waals surface area contributed by atoms with Crippen molar-refractivity contribution >= 4 is 0 Å². The second-order valence-corrected chi connectivity index (χ2v) is 4.78. The predicted molar refractivity (Wildman–Crippen MR) is 53.3 cm³/mol. The van der Waals surface area contributed by atoms with Gasteiger partial charge in [-0.2, -0.15) is 0 Å². The lowest BCUT2D eigenvalue weighted by molar-refractivity contribution is 0.363. The van der Waals surface area contributed by atoms with Crippen LogP contribution in [0.3, 0.4) is 0 Å². The minimum absolute atomic E-state index is 0.102. The fourth-order valence-corrected chi connectivity index (χ4v) is 2.21. The van der Waals surface area contributed by atoms with Gasteiger partial charge in [0.2, 0.25) is 0 Å². The summed E-state index contributed by atoms with van der Waals surface area (Å²) in [6.45, 7) is 3.61. The minimum Gasteiger partial charge on any atom is -0.325 e. The topological polar surface area (TPSA) is 38.9 Å². The van der Waals surface area contributed by atoms with Crippen molar-refractivity contribution in [1.82, 2.24) is 4.98 Å². The molecule has 1 fully saturated rings. The first-order chi connectivity index (χ1) is 6.88. The number of aromatic nitrogens is 1. The molecule has 1 aromatic heterocycles. The first-order valence-electron chi connectivity index (χ1n) is 4.97. The van der Waals surface area contributed by atoms with Crippen molar-refractivity contribution in [2.24, 2.45) is 5.73 Å². The van der Waals surface area contributed by atoms with Crippen LogP contribution in [0.5, 0.6) is 0 Å². The number of nitrogens with two attached hydrogens (primary N) is 1. The maximum Gasteiger partial charge on any atom is 0.148 e. The zero-order valence-electron chi connectivity index (χ0n) is 8.85. The Morgan fingerprint density at radius 3 is 2.07 bits per heavy atom. The number of hydrogen-bond acceptors (Lipinski definition) is 2. The van der Waals surface area contributed by atoms with E-state index in [4.69, 9.17) is 5.73 Å². The molecule has 0 saturated heterocycles. The molecule has 0 atom stereocenters. The molecule has 0 aromatic carbocycles. The lowest BCUT2D eigenvalue weighted by Gasteiger charge is -2.31. The summed E-state index contributed by atoms with van der Waals surface area (Å²) in [5.74, 6) is -1.18. The molecule has 1 saturated carbocycles. The maximum atomic E-state index is 13.6. The van der Waals surface area contributed by atoms with Gasteiger partial charge in [0, 0.05) is 16.5 Å². The fourth-order valence-electron chi connectivity index (χ4n) is 2.21. The quantitative estimate of drug-likeness (QED) is 0.815. The summed E-state index contributed by atoms with van der Waals surface area (Å²) in [5.41, 5.74) is 4.93. The largest absolute Gasteiger partial charge is 0.325 e. The number of pyridine rings is 1. The van der Waals surface area contributed by atoms with Gasteiger partial charge in [-0.15, -0.1) is 0 Å². The van der Waals surface area contributed by atoms with Crippen LogP contribution in [0.2, 0.25) is 0 Å². The molecule has 82 valence electrons. The normalized spacial score (nSPS) is 19.0. The average Bonchev–Trinajstić information content (AvgIpc) is 2.83. The van der Waals surface area contributed by atoms with E-state index in [1.165, 1.54) is 0 Å². The number of halogens is 2. The van der Waals surface area contributed by atoms with Gasteiger partial charge < -0.3 is 5.73 Å². The summed E-state index contributed by atoms with van der Waals surface area (Å²) in [6.07, 6.45) is 3.55. The van der Waals surface area contributed by atoms with Crippen LogP contribution in [0.15, 0.2) is 12.4 Å². The molecule has 0 radical (unpaired) electrons. The Morgan fingerprint density at radius 2 is 1.73 bits per heavy atom. The zero-order chi connectivity index (χ0) is 11.3. The van der Waals surface area contributed by atoms with Crippen molar-refractivity contribution in [1.29, 1.82) is 0 Å². The van der Waals surface area contributed by atoms with Gasteiger partial charge in [-0.25, -0.2) is 8.78 Å². The molecule has 4 heteroatoms. The van der Waals surface area contributed by atoms with Gasteiger partial charge >= 0.3 is 0 Å². The first-order valence-corrected chi connectivity index (χ1v) is 4.97. The van der Waals surface area contributed by atoms with Crippen LogP contribution in [-0.4, -0.2) is 10.5 Å². The monoisotopic (exact) mass is 212 g/mol. The summed E-state index contributed by atoms with van der Waals surface area (Å²) < 4.78 is 27.1. The van der Waals surface area contributed by atoms with Crippen LogP contribution in [-0.2, 0) is 5.41 Å². The highest BCUT2D eigenvalue weighted by Gasteiger charge is 2.56. The molecule has 15 heavy (non-hydrogen) atoms. The van der Waals surface area contributed by atoms with E-state index in [2.05, 4.69) is 4.98 Å². The van der Waals surface area contributed by atoms with Crippen LogP contribution in [0.1, 0.15) is 32.3 Å². The van der Waals surface area contributed by atoms with Crippen LogP contribution < -0.4 is 5.73 Å². The Morgan fingerprint density at radius 1 is 1.27 bits per heavy atom. The molecule has 1 aliphatic carbocycles. The maximum absolute atomic E-state index is 13.6. The molecule has 2 N–H and O–H groups in total. The molecule has 0 amide bonds. The Balaban J connectivity index is 2.56. The molecule has 1 heterocycles. The summed E-state index contributed by atoms with van der Waals surface area (Å²) in [5, 5.41) is 0. The summed E-state index contributed by atoms with van der Waals surface area (Å²) in [4.78, 5) is 3.48. The second kappa shape index (κ2) is 2.98. The third-order valence-electron chi connectivity index (χ3n) is 3.32. The third kappa shape index (κ3) is 1.44. The van der Waals surface area contributed by atoms with Gasteiger partial charge in [0.05, 0.1) is 12.4 Å². The molecule has 2 nitrogen and oxygen atoms in total. The van der Waals surface area contributed by atoms with Crippen LogP contribution in [0.4, 0.5) is 8.78 Å². The van der Waals surface area contributed by atoms with Crippen molar-refractivity contribution in [2.45, 2.75) is 37.6 Å². The molecule has 2 rings (SSSR count). The SMILES string of the molecule is CC(C)(N)C1(c2c(F)cncc2F)CC1. The van der Waals surface area contributed by atoms with E-state index in [0.717, 1.165) is 25.2 Å². The lowest BCUT2D eigenvalue weighted by atomic mass is 9.79. The van der Waals surface area contributed by atoms with E-state index in [1.54, 1.807) is 13.8 Å². The molecule has 1 aromatic rings. The van der Waals surface area contributed by atoms with Crippen LogP contribution in [0, 0.1) is 11.6 Å². The summed E-state index contributed by atoms with van der Waals surface area (Å²) in [7, 11) is 0. The van der Waals surface area contributed by atoms with Crippen molar-refractivity contribution in [2.75, 3.05) is 0 Å². The van der Waals surface area contributed by atoms with Gasteiger partial charge in [-0.05, 0) is 26.7 Å². The number of hydrogen-bond donors (Lipinski definition) is 1. The Hall–Kier alpha value is -1.03. The third-order valence-corrected chi connectivity index (χ3v) is 3.32. The van der Waals surface area contributed by atoms with E-state index in [0.29, 0.717) is 0 Å². The summed E-state index contributed by atoms with van der Waals surface area (Å²) in [6, 6.07) is 0. The highest BCUT2D eigenvalue weighted by atomic mass is 19.1. The minimum atomic E-state index is -0.615. The predicted octanol–water partition coefficient (Wildman–Crippen LogP) is 2.13. The van der Waals surface area contributed by atoms with Crippen molar-refractivity contribution in [3.8, 4) is 0 Å². The zero-order valence-corrected chi connectivity index (χ0v) is 8.85. The van der Waals surface area contributed by atoms with E-state index in [1.807, 2.05) is 0 Å². The highest BCUT2D eigenvalue weighted by molar-refractivity contribution is 5.36. The fraction of sp³-hybridized carbons (Fsp3) is 0.545. The smallest absolute Gasteiger partial charge is 0.148 e. The van der Waals surface area contributed by atoms with Crippen molar-refractivity contribution in [3.05, 3.63) is 29.6 Å². The highest BCUT2D eigenvalue weighted by Crippen LogP contribution is 2.55. The van der Waals surface area contributed by atoms with E-state index in [9.17, 15) is 8.78 Å². The molecule has 1 aliphatic rings. The molecular formula is C11H14F2N2. The molecule has 0 bridgehead atoms. The Labute approximate surface area is 87.5 Å². The van der Waals surface area contributed by atoms with Gasteiger partial charge in [0.1, 0.15) is 11.6 Å². The Bertz CT molecular complexity index is 372. The lowest BCUT2D eigenvalue weighted by Crippen LogP contribution is -2.46. The van der Waals surface area contributed by atoms with Gasteiger partial charge in [-0.1, -0.05) is 0 Å². The molecule has 0 unspecified atom stereocenters. The van der Waals surface area contributed by atoms with Gasteiger partial charge in [0.25, 0.3) is 0 Å². The molecule has 0 aliphatic heterocycles. The number of nitrogens with zero attached hydrogens (tertiary/aromatic N) is 1. The van der Waals surface area contributed by atoms with Gasteiger partial charge in [-0.3, -0.25) is 4.98 Å². The average molecular weight is 212 g/mol. The number of rotatable bonds is 2.